The van der Waals surface area contributed by atoms with Crippen LogP contribution in [-0.4, -0.2) is 22.1 Å². The van der Waals surface area contributed by atoms with Gasteiger partial charge in [0.25, 0.3) is 0 Å². The van der Waals surface area contributed by atoms with Crippen LogP contribution in [0.25, 0.3) is 22.1 Å². The number of methoxy groups -OCH3 is 1. The van der Waals surface area contributed by atoms with Crippen LogP contribution in [0, 0.1) is 0 Å². The second-order valence-electron chi connectivity index (χ2n) is 3.50. The van der Waals surface area contributed by atoms with Gasteiger partial charge >= 0.3 is 5.69 Å². The number of H-pyrrole nitrogens is 2. The smallest absolute Gasteiger partial charge is 0.325 e. The van der Waals surface area contributed by atoms with Gasteiger partial charge in [0.15, 0.2) is 5.65 Å². The highest BCUT2D eigenvalue weighted by Gasteiger charge is 2.06. The summed E-state index contributed by atoms with van der Waals surface area (Å²) in [5, 5.41) is 0.933. The van der Waals surface area contributed by atoms with Crippen molar-refractivity contribution in [1.82, 2.24) is 15.0 Å². The van der Waals surface area contributed by atoms with Crippen molar-refractivity contribution >= 4 is 22.1 Å². The summed E-state index contributed by atoms with van der Waals surface area (Å²) < 4.78 is 5.22. The molecule has 0 radical (unpaired) electrons. The zero-order valence-corrected chi connectivity index (χ0v) is 8.57. The van der Waals surface area contributed by atoms with Crippen molar-refractivity contribution in [3.05, 3.63) is 34.7 Å². The molecule has 0 saturated carbocycles. The Hall–Kier alpha value is -2.30. The summed E-state index contributed by atoms with van der Waals surface area (Å²) >= 11 is 0. The number of pyridine rings is 1. The number of aromatic amines is 2. The van der Waals surface area contributed by atoms with E-state index in [4.69, 9.17) is 4.74 Å². The number of benzene rings is 1. The summed E-state index contributed by atoms with van der Waals surface area (Å²) in [5.41, 5.74) is 1.73. The van der Waals surface area contributed by atoms with Crippen molar-refractivity contribution in [1.29, 1.82) is 0 Å². The molecule has 3 aromatic rings. The molecule has 0 amide bonds. The third kappa shape index (κ3) is 1.18. The Morgan fingerprint density at radius 2 is 2.19 bits per heavy atom. The van der Waals surface area contributed by atoms with Gasteiger partial charge in [-0.15, -0.1) is 0 Å². The van der Waals surface area contributed by atoms with Gasteiger partial charge in [0.05, 0.1) is 12.6 Å². The molecule has 1 aromatic carbocycles. The van der Waals surface area contributed by atoms with Gasteiger partial charge in [-0.05, 0) is 12.1 Å². The molecule has 2 aromatic heterocycles. The van der Waals surface area contributed by atoms with Gasteiger partial charge in [0, 0.05) is 5.39 Å². The van der Waals surface area contributed by atoms with Gasteiger partial charge in [0.1, 0.15) is 11.3 Å². The molecule has 2 heterocycles. The number of rotatable bonds is 1. The van der Waals surface area contributed by atoms with Gasteiger partial charge < -0.3 is 9.72 Å². The van der Waals surface area contributed by atoms with Crippen LogP contribution in [0.3, 0.4) is 0 Å². The number of aromatic nitrogens is 3. The minimum Gasteiger partial charge on any atom is -0.494 e. The summed E-state index contributed by atoms with van der Waals surface area (Å²) in [5.74, 6) is 0.696. The number of para-hydroxylation sites is 1. The summed E-state index contributed by atoms with van der Waals surface area (Å²) in [6.45, 7) is 0. The fraction of sp³-hybridized carbons (Fsp3) is 0.0909. The van der Waals surface area contributed by atoms with Crippen LogP contribution in [0.4, 0.5) is 0 Å². The monoisotopic (exact) mass is 215 g/mol. The molecule has 80 valence electrons. The quantitative estimate of drug-likeness (QED) is 0.644. The Kier molecular flexibility index (Phi) is 1.73. The fourth-order valence-corrected chi connectivity index (χ4v) is 1.79. The maximum atomic E-state index is 11.1. The third-order valence-corrected chi connectivity index (χ3v) is 2.51. The number of fused-ring (bicyclic) bond motifs is 2. The van der Waals surface area contributed by atoms with Gasteiger partial charge in [-0.1, -0.05) is 12.1 Å². The zero-order chi connectivity index (χ0) is 11.1. The number of hydrogen-bond donors (Lipinski definition) is 2. The van der Waals surface area contributed by atoms with Gasteiger partial charge in [-0.3, -0.25) is 4.98 Å². The van der Waals surface area contributed by atoms with E-state index >= 15 is 0 Å². The highest BCUT2D eigenvalue weighted by atomic mass is 16.5. The average Bonchev–Trinajstić information content (AvgIpc) is 2.64. The minimum absolute atomic E-state index is 0.253. The highest BCUT2D eigenvalue weighted by Crippen LogP contribution is 2.24. The van der Waals surface area contributed by atoms with Crippen LogP contribution in [0.5, 0.6) is 5.75 Å². The van der Waals surface area contributed by atoms with E-state index in [9.17, 15) is 4.79 Å². The Morgan fingerprint density at radius 3 is 3.00 bits per heavy atom. The molecule has 0 saturated heterocycles. The Morgan fingerprint density at radius 1 is 1.31 bits per heavy atom. The maximum absolute atomic E-state index is 11.1. The van der Waals surface area contributed by atoms with Gasteiger partial charge in [-0.2, -0.15) is 0 Å². The molecule has 5 heteroatoms. The van der Waals surface area contributed by atoms with E-state index in [1.807, 2.05) is 24.3 Å². The molecular formula is C11H9N3O2. The number of ether oxygens (including phenoxy) is 1. The maximum Gasteiger partial charge on any atom is 0.325 e. The number of nitrogens with one attached hydrogen (secondary N) is 2. The van der Waals surface area contributed by atoms with E-state index in [0.29, 0.717) is 16.9 Å². The third-order valence-electron chi connectivity index (χ3n) is 2.51. The molecule has 0 fully saturated rings. The first-order valence-electron chi connectivity index (χ1n) is 4.84. The lowest BCUT2D eigenvalue weighted by Gasteiger charge is -2.03. The molecule has 5 nitrogen and oxygen atoms in total. The summed E-state index contributed by atoms with van der Waals surface area (Å²) in [6, 6.07) is 7.53. The van der Waals surface area contributed by atoms with Crippen LogP contribution >= 0.6 is 0 Å². The summed E-state index contributed by atoms with van der Waals surface area (Å²) in [4.78, 5) is 20.8. The van der Waals surface area contributed by atoms with E-state index in [2.05, 4.69) is 15.0 Å². The van der Waals surface area contributed by atoms with Crippen LogP contribution in [0.1, 0.15) is 0 Å². The molecule has 16 heavy (non-hydrogen) atoms. The van der Waals surface area contributed by atoms with Crippen molar-refractivity contribution in [2.24, 2.45) is 0 Å². The lowest BCUT2D eigenvalue weighted by molar-refractivity contribution is 0.419. The summed E-state index contributed by atoms with van der Waals surface area (Å²) in [6.07, 6.45) is 0. The topological polar surface area (TPSA) is 70.8 Å². The molecule has 0 bridgehead atoms. The van der Waals surface area contributed by atoms with Crippen LogP contribution in [0.15, 0.2) is 29.1 Å². The van der Waals surface area contributed by atoms with Crippen molar-refractivity contribution in [2.75, 3.05) is 7.11 Å². The predicted octanol–water partition coefficient (Wildman–Crippen LogP) is 1.41. The van der Waals surface area contributed by atoms with E-state index in [0.717, 1.165) is 10.9 Å². The van der Waals surface area contributed by atoms with Gasteiger partial charge in [-0.25, -0.2) is 9.78 Å². The number of hydrogen-bond acceptors (Lipinski definition) is 3. The van der Waals surface area contributed by atoms with E-state index < -0.39 is 0 Å². The Balaban J connectivity index is 2.50. The number of imidazole rings is 1. The summed E-state index contributed by atoms with van der Waals surface area (Å²) in [7, 11) is 1.60. The zero-order valence-electron chi connectivity index (χ0n) is 8.57. The van der Waals surface area contributed by atoms with E-state index in [-0.39, 0.29) is 5.69 Å². The van der Waals surface area contributed by atoms with E-state index in [1.54, 1.807) is 7.11 Å². The lowest BCUT2D eigenvalue weighted by Crippen LogP contribution is -1.99. The molecule has 0 unspecified atom stereocenters. The molecule has 0 spiro atoms. The Bertz CT molecular complexity index is 727. The second kappa shape index (κ2) is 3.10. The Labute approximate surface area is 90.1 Å². The molecule has 3 rings (SSSR count). The standard InChI is InChI=1S/C11H9N3O2/c1-16-8-4-2-3-6-5-7-10(13-9(6)8)14-11(15)12-7/h2-5H,1H3,(H2,12,13,14,15). The first-order valence-corrected chi connectivity index (χ1v) is 4.84. The first-order chi connectivity index (χ1) is 7.78. The second-order valence-corrected chi connectivity index (χ2v) is 3.50. The average molecular weight is 215 g/mol. The molecule has 0 aliphatic carbocycles. The van der Waals surface area contributed by atoms with Crippen molar-refractivity contribution in [3.8, 4) is 5.75 Å². The van der Waals surface area contributed by atoms with Crippen LogP contribution in [0.2, 0.25) is 0 Å². The normalized spacial score (nSPS) is 11.1. The lowest BCUT2D eigenvalue weighted by atomic mass is 10.2. The van der Waals surface area contributed by atoms with Crippen molar-refractivity contribution in [2.45, 2.75) is 0 Å². The molecule has 2 N–H and O–H groups in total. The fourth-order valence-electron chi connectivity index (χ4n) is 1.79. The van der Waals surface area contributed by atoms with Crippen LogP contribution < -0.4 is 10.4 Å². The molecule has 0 aliphatic heterocycles. The predicted molar refractivity (Wildman–Crippen MR) is 60.8 cm³/mol. The van der Waals surface area contributed by atoms with Crippen LogP contribution in [-0.2, 0) is 0 Å². The van der Waals surface area contributed by atoms with Crippen molar-refractivity contribution in [3.63, 3.8) is 0 Å². The number of nitrogens with zero attached hydrogens (tertiary/aromatic N) is 1. The minimum atomic E-state index is -0.253. The highest BCUT2D eigenvalue weighted by molar-refractivity contribution is 5.92. The van der Waals surface area contributed by atoms with Crippen molar-refractivity contribution < 1.29 is 4.74 Å². The van der Waals surface area contributed by atoms with Gasteiger partial charge in [0.2, 0.25) is 0 Å². The molecule has 0 aliphatic rings. The molecule has 0 atom stereocenters. The molecular weight excluding hydrogens is 206 g/mol. The SMILES string of the molecule is COc1cccc2cc3[nH]c(=O)[nH]c3nc12. The van der Waals surface area contributed by atoms with E-state index in [1.165, 1.54) is 0 Å². The largest absolute Gasteiger partial charge is 0.494 e. The first kappa shape index (κ1) is 8.96.